The van der Waals surface area contributed by atoms with Crippen molar-refractivity contribution in [2.75, 3.05) is 0 Å². The first-order valence-corrected chi connectivity index (χ1v) is 9.99. The van der Waals surface area contributed by atoms with Gasteiger partial charge in [-0.15, -0.1) is 0 Å². The fraction of sp³-hybridized carbons (Fsp3) is 0.320. The number of hydrogen-bond donors (Lipinski definition) is 0. The second kappa shape index (κ2) is 8.47. The molecule has 0 bridgehead atoms. The Morgan fingerprint density at radius 1 is 0.929 bits per heavy atom. The second-order valence-electron chi connectivity index (χ2n) is 8.05. The average Bonchev–Trinajstić information content (AvgIpc) is 3.06. The molecule has 0 N–H and O–H groups in total. The van der Waals surface area contributed by atoms with E-state index in [1.807, 2.05) is 69.3 Å². The Bertz CT molecular complexity index is 918. The van der Waals surface area contributed by atoms with Crippen LogP contribution in [0.2, 0.25) is 0 Å². The SMILES string of the molecule is CCCCc1cc(-c2ccccc2)n(C(=O)OC(C)(C)C)c1-c1ccccc1. The van der Waals surface area contributed by atoms with E-state index in [2.05, 4.69) is 25.1 Å². The highest BCUT2D eigenvalue weighted by Crippen LogP contribution is 2.34. The van der Waals surface area contributed by atoms with Gasteiger partial charge in [0.1, 0.15) is 5.60 Å². The fourth-order valence-electron chi connectivity index (χ4n) is 3.35. The van der Waals surface area contributed by atoms with Crippen molar-refractivity contribution in [3.8, 4) is 22.5 Å². The molecule has 3 heteroatoms. The van der Waals surface area contributed by atoms with Crippen LogP contribution in [-0.4, -0.2) is 16.3 Å². The number of unbranched alkanes of at least 4 members (excludes halogenated alkanes) is 1. The number of carbonyl (C=O) groups excluding carboxylic acids is 1. The molecule has 3 rings (SSSR count). The average molecular weight is 376 g/mol. The fourth-order valence-corrected chi connectivity index (χ4v) is 3.35. The zero-order valence-corrected chi connectivity index (χ0v) is 17.2. The molecular formula is C25H29NO2. The topological polar surface area (TPSA) is 31.2 Å². The Hall–Kier alpha value is -2.81. The molecule has 0 saturated heterocycles. The van der Waals surface area contributed by atoms with Crippen LogP contribution in [0, 0.1) is 0 Å². The second-order valence-corrected chi connectivity index (χ2v) is 8.05. The molecule has 28 heavy (non-hydrogen) atoms. The maximum atomic E-state index is 13.3. The highest BCUT2D eigenvalue weighted by Gasteiger charge is 2.26. The van der Waals surface area contributed by atoms with Gasteiger partial charge in [0.25, 0.3) is 0 Å². The zero-order chi connectivity index (χ0) is 20.1. The van der Waals surface area contributed by atoms with Crippen LogP contribution in [0.25, 0.3) is 22.5 Å². The highest BCUT2D eigenvalue weighted by atomic mass is 16.6. The van der Waals surface area contributed by atoms with Crippen LogP contribution in [0.1, 0.15) is 46.1 Å². The predicted octanol–water partition coefficient (Wildman–Crippen LogP) is 6.95. The van der Waals surface area contributed by atoms with Gasteiger partial charge in [0.15, 0.2) is 0 Å². The van der Waals surface area contributed by atoms with Crippen molar-refractivity contribution >= 4 is 6.09 Å². The van der Waals surface area contributed by atoms with Gasteiger partial charge in [-0.2, -0.15) is 0 Å². The smallest absolute Gasteiger partial charge is 0.419 e. The Morgan fingerprint density at radius 3 is 2.04 bits per heavy atom. The molecule has 2 aromatic carbocycles. The minimum Gasteiger partial charge on any atom is -0.443 e. The van der Waals surface area contributed by atoms with Crippen molar-refractivity contribution in [1.29, 1.82) is 0 Å². The molecule has 3 nitrogen and oxygen atoms in total. The van der Waals surface area contributed by atoms with Gasteiger partial charge < -0.3 is 4.74 Å². The van der Waals surface area contributed by atoms with E-state index >= 15 is 0 Å². The number of benzene rings is 2. The number of rotatable bonds is 5. The summed E-state index contributed by atoms with van der Waals surface area (Å²) in [5.74, 6) is 0. The molecule has 0 saturated carbocycles. The molecule has 0 radical (unpaired) electrons. The monoisotopic (exact) mass is 375 g/mol. The molecule has 0 amide bonds. The van der Waals surface area contributed by atoms with Crippen LogP contribution in [-0.2, 0) is 11.2 Å². The lowest BCUT2D eigenvalue weighted by atomic mass is 10.0. The van der Waals surface area contributed by atoms with Gasteiger partial charge in [-0.05, 0) is 56.4 Å². The van der Waals surface area contributed by atoms with Gasteiger partial charge >= 0.3 is 6.09 Å². The number of aryl methyl sites for hydroxylation is 1. The maximum absolute atomic E-state index is 13.3. The Balaban J connectivity index is 2.24. The van der Waals surface area contributed by atoms with Crippen LogP contribution in [0.15, 0.2) is 66.7 Å². The zero-order valence-electron chi connectivity index (χ0n) is 17.2. The van der Waals surface area contributed by atoms with Gasteiger partial charge in [0.05, 0.1) is 11.4 Å². The summed E-state index contributed by atoms with van der Waals surface area (Å²) >= 11 is 0. The van der Waals surface area contributed by atoms with Gasteiger partial charge in [0.2, 0.25) is 0 Å². The van der Waals surface area contributed by atoms with E-state index in [1.54, 1.807) is 4.57 Å². The molecule has 3 aromatic rings. The summed E-state index contributed by atoms with van der Waals surface area (Å²) in [6.07, 6.45) is 2.77. The third kappa shape index (κ3) is 4.53. The van der Waals surface area contributed by atoms with Crippen molar-refractivity contribution < 1.29 is 9.53 Å². The Morgan fingerprint density at radius 2 is 1.50 bits per heavy atom. The highest BCUT2D eigenvalue weighted by molar-refractivity contribution is 5.87. The number of nitrogens with zero attached hydrogens (tertiary/aromatic N) is 1. The molecule has 0 aliphatic rings. The first-order chi connectivity index (χ1) is 13.4. The number of ether oxygens (including phenoxy) is 1. The molecule has 0 aliphatic heterocycles. The first kappa shape index (κ1) is 19.9. The van der Waals surface area contributed by atoms with E-state index in [0.717, 1.165) is 41.8 Å². The summed E-state index contributed by atoms with van der Waals surface area (Å²) < 4.78 is 7.54. The molecule has 0 atom stereocenters. The van der Waals surface area contributed by atoms with Gasteiger partial charge in [0, 0.05) is 0 Å². The Labute approximate surface area is 168 Å². The molecule has 146 valence electrons. The molecule has 0 spiro atoms. The number of hydrogen-bond acceptors (Lipinski definition) is 2. The third-order valence-corrected chi connectivity index (χ3v) is 4.57. The van der Waals surface area contributed by atoms with E-state index in [4.69, 9.17) is 4.74 Å². The van der Waals surface area contributed by atoms with Crippen molar-refractivity contribution in [2.24, 2.45) is 0 Å². The first-order valence-electron chi connectivity index (χ1n) is 9.99. The van der Waals surface area contributed by atoms with Crippen LogP contribution >= 0.6 is 0 Å². The van der Waals surface area contributed by atoms with Crippen LogP contribution < -0.4 is 0 Å². The van der Waals surface area contributed by atoms with E-state index in [9.17, 15) is 4.79 Å². The van der Waals surface area contributed by atoms with Crippen molar-refractivity contribution in [3.63, 3.8) is 0 Å². The molecule has 0 unspecified atom stereocenters. The molecular weight excluding hydrogens is 346 g/mol. The summed E-state index contributed by atoms with van der Waals surface area (Å²) in [7, 11) is 0. The summed E-state index contributed by atoms with van der Waals surface area (Å²) in [6, 6.07) is 22.3. The third-order valence-electron chi connectivity index (χ3n) is 4.57. The van der Waals surface area contributed by atoms with Gasteiger partial charge in [-0.25, -0.2) is 9.36 Å². The van der Waals surface area contributed by atoms with Crippen LogP contribution in [0.4, 0.5) is 4.79 Å². The normalized spacial score (nSPS) is 11.4. The predicted molar refractivity (Wildman–Crippen MR) is 116 cm³/mol. The minimum absolute atomic E-state index is 0.340. The molecule has 0 fully saturated rings. The van der Waals surface area contributed by atoms with Crippen molar-refractivity contribution in [1.82, 2.24) is 4.57 Å². The maximum Gasteiger partial charge on any atom is 0.419 e. The summed E-state index contributed by atoms with van der Waals surface area (Å²) in [4.78, 5) is 13.3. The molecule has 0 aliphatic carbocycles. The van der Waals surface area contributed by atoms with E-state index in [1.165, 1.54) is 5.56 Å². The van der Waals surface area contributed by atoms with Crippen molar-refractivity contribution in [3.05, 3.63) is 72.3 Å². The molecule has 1 aromatic heterocycles. The number of carbonyl (C=O) groups is 1. The standard InChI is InChI=1S/C25H29NO2/c1-5-6-13-21-18-22(19-14-9-7-10-15-19)26(24(27)28-25(2,3)4)23(21)20-16-11-8-12-17-20/h7-12,14-18H,5-6,13H2,1-4H3. The summed E-state index contributed by atoms with van der Waals surface area (Å²) in [5.41, 5.74) is 4.46. The summed E-state index contributed by atoms with van der Waals surface area (Å²) in [6.45, 7) is 7.88. The lowest BCUT2D eigenvalue weighted by molar-refractivity contribution is 0.0543. The largest absolute Gasteiger partial charge is 0.443 e. The van der Waals surface area contributed by atoms with E-state index in [0.29, 0.717) is 0 Å². The summed E-state index contributed by atoms with van der Waals surface area (Å²) in [5, 5.41) is 0. The lowest BCUT2D eigenvalue weighted by Crippen LogP contribution is -2.28. The van der Waals surface area contributed by atoms with Crippen molar-refractivity contribution in [2.45, 2.75) is 52.6 Å². The van der Waals surface area contributed by atoms with E-state index in [-0.39, 0.29) is 6.09 Å². The lowest BCUT2D eigenvalue weighted by Gasteiger charge is -2.22. The number of aromatic nitrogens is 1. The van der Waals surface area contributed by atoms with E-state index < -0.39 is 5.60 Å². The van der Waals surface area contributed by atoms with Crippen LogP contribution in [0.3, 0.4) is 0 Å². The Kier molecular flexibility index (Phi) is 6.03. The van der Waals surface area contributed by atoms with Gasteiger partial charge in [-0.3, -0.25) is 0 Å². The minimum atomic E-state index is -0.563. The van der Waals surface area contributed by atoms with Crippen LogP contribution in [0.5, 0.6) is 0 Å². The quantitative estimate of drug-likeness (QED) is 0.483. The van der Waals surface area contributed by atoms with Gasteiger partial charge in [-0.1, -0.05) is 74.0 Å². The molecule has 1 heterocycles.